The second kappa shape index (κ2) is 10.3. The zero-order valence-corrected chi connectivity index (χ0v) is 21.5. The Kier molecular flexibility index (Phi) is 6.64. The van der Waals surface area contributed by atoms with Gasteiger partial charge in [-0.2, -0.15) is 8.78 Å². The van der Waals surface area contributed by atoms with Crippen LogP contribution in [0.5, 0.6) is 5.75 Å². The molecule has 41 heavy (non-hydrogen) atoms. The lowest BCUT2D eigenvalue weighted by Crippen LogP contribution is -2.25. The summed E-state index contributed by atoms with van der Waals surface area (Å²) in [5, 5.41) is 9.16. The molecular formula is C30H23F3N2O6. The van der Waals surface area contributed by atoms with Gasteiger partial charge in [-0.15, -0.1) is 0 Å². The molecule has 1 saturated carbocycles. The number of amides is 1. The van der Waals surface area contributed by atoms with Crippen LogP contribution in [-0.2, 0) is 24.4 Å². The minimum absolute atomic E-state index is 0.0918. The number of nitrogens with zero attached hydrogens (tertiary/aromatic N) is 2. The number of carboxylic acid groups (broad SMARTS) is 1. The Balaban J connectivity index is 1.39. The Labute approximate surface area is 231 Å². The van der Waals surface area contributed by atoms with Crippen LogP contribution in [0.2, 0.25) is 0 Å². The fourth-order valence-corrected chi connectivity index (χ4v) is 5.21. The summed E-state index contributed by atoms with van der Waals surface area (Å²) in [6.45, 7) is -2.83. The first-order valence-corrected chi connectivity index (χ1v) is 12.9. The molecule has 6 rings (SSSR count). The average Bonchev–Trinajstić information content (AvgIpc) is 3.70. The first-order chi connectivity index (χ1) is 19.7. The van der Waals surface area contributed by atoms with Gasteiger partial charge in [0, 0.05) is 25.3 Å². The molecule has 4 aromatic rings. The largest absolute Gasteiger partial charge is 0.477 e. The maximum atomic E-state index is 15.7. The van der Waals surface area contributed by atoms with Gasteiger partial charge < -0.3 is 19.1 Å². The molecule has 11 heteroatoms. The molecule has 0 unspecified atom stereocenters. The van der Waals surface area contributed by atoms with Crippen molar-refractivity contribution in [2.45, 2.75) is 45.2 Å². The number of rotatable bonds is 7. The van der Waals surface area contributed by atoms with E-state index in [1.165, 1.54) is 15.5 Å². The lowest BCUT2D eigenvalue weighted by molar-refractivity contribution is -0.0487. The summed E-state index contributed by atoms with van der Waals surface area (Å²) in [5.41, 5.74) is 0.525. The number of aromatic carboxylic acids is 1. The Bertz CT molecular complexity index is 1750. The Morgan fingerprint density at radius 3 is 2.44 bits per heavy atom. The number of hydrogen-bond donors (Lipinski definition) is 1. The first kappa shape index (κ1) is 26.4. The number of halogens is 3. The third-order valence-electron chi connectivity index (χ3n) is 7.28. The fourth-order valence-electron chi connectivity index (χ4n) is 5.21. The van der Waals surface area contributed by atoms with Crippen molar-refractivity contribution >= 4 is 23.0 Å². The van der Waals surface area contributed by atoms with Gasteiger partial charge in [0.15, 0.2) is 5.75 Å². The van der Waals surface area contributed by atoms with Gasteiger partial charge in [-0.05, 0) is 47.2 Å². The molecule has 8 nitrogen and oxygen atoms in total. The van der Waals surface area contributed by atoms with Crippen LogP contribution in [-0.4, -0.2) is 33.2 Å². The number of hydrogen-bond acceptors (Lipinski definition) is 5. The van der Waals surface area contributed by atoms with Crippen LogP contribution >= 0.6 is 0 Å². The van der Waals surface area contributed by atoms with E-state index in [1.54, 1.807) is 12.1 Å². The van der Waals surface area contributed by atoms with Gasteiger partial charge >= 0.3 is 18.7 Å². The monoisotopic (exact) mass is 564 g/mol. The molecule has 1 amide bonds. The van der Waals surface area contributed by atoms with Gasteiger partial charge in [0.05, 0.1) is 16.5 Å². The summed E-state index contributed by atoms with van der Waals surface area (Å²) in [5.74, 6) is -3.07. The van der Waals surface area contributed by atoms with Crippen molar-refractivity contribution in [2.75, 3.05) is 0 Å². The number of benzene rings is 3. The van der Waals surface area contributed by atoms with Crippen molar-refractivity contribution in [1.82, 2.24) is 9.47 Å². The number of carbonyl (C=O) groups excluding carboxylic acids is 1. The maximum absolute atomic E-state index is 15.7. The smallest absolute Gasteiger partial charge is 0.410 e. The number of aromatic nitrogens is 1. The number of alkyl halides is 2. The van der Waals surface area contributed by atoms with Crippen molar-refractivity contribution < 1.29 is 37.3 Å². The van der Waals surface area contributed by atoms with Gasteiger partial charge in [0.1, 0.15) is 18.0 Å². The summed E-state index contributed by atoms with van der Waals surface area (Å²) in [7, 11) is 0. The quantitative estimate of drug-likeness (QED) is 0.292. The zero-order valence-electron chi connectivity index (χ0n) is 21.5. The lowest BCUT2D eigenvalue weighted by Gasteiger charge is -2.19. The molecular weight excluding hydrogens is 541 g/mol. The van der Waals surface area contributed by atoms with E-state index in [1.807, 2.05) is 30.3 Å². The minimum atomic E-state index is -3.34. The molecule has 210 valence electrons. The van der Waals surface area contributed by atoms with E-state index in [0.29, 0.717) is 18.4 Å². The van der Waals surface area contributed by atoms with E-state index < -0.39 is 41.2 Å². The van der Waals surface area contributed by atoms with E-state index in [-0.39, 0.29) is 47.8 Å². The Morgan fingerprint density at radius 2 is 1.76 bits per heavy atom. The van der Waals surface area contributed by atoms with Gasteiger partial charge in [0.2, 0.25) is 5.43 Å². The molecule has 0 atom stereocenters. The van der Waals surface area contributed by atoms with Crippen molar-refractivity contribution in [3.8, 4) is 16.9 Å². The van der Waals surface area contributed by atoms with Crippen LogP contribution in [0.3, 0.4) is 0 Å². The molecule has 1 N–H and O–H groups in total. The summed E-state index contributed by atoms with van der Waals surface area (Å²) in [6.07, 6.45) is 1.83. The van der Waals surface area contributed by atoms with Crippen LogP contribution in [0.1, 0.15) is 45.9 Å². The molecule has 0 radical (unpaired) electrons. The van der Waals surface area contributed by atoms with Gasteiger partial charge in [0.25, 0.3) is 0 Å². The molecule has 3 aromatic carbocycles. The second-order valence-corrected chi connectivity index (χ2v) is 10.0. The van der Waals surface area contributed by atoms with Gasteiger partial charge in [-0.1, -0.05) is 42.5 Å². The van der Waals surface area contributed by atoms with E-state index >= 15 is 4.39 Å². The second-order valence-electron chi connectivity index (χ2n) is 10.0. The molecule has 0 saturated heterocycles. The van der Waals surface area contributed by atoms with Crippen molar-refractivity contribution in [3.05, 3.63) is 99.1 Å². The van der Waals surface area contributed by atoms with Crippen LogP contribution in [0.25, 0.3) is 22.0 Å². The lowest BCUT2D eigenvalue weighted by atomic mass is 9.97. The standard InChI is InChI=1S/C30H23F3N2O6/c31-23-11-21-25(35(20-8-9-20)14-22(26(21)36)28(37)38)27(41-29(32)33)24(23)17-6-7-18-12-34(13-19(18)10-17)30(39)40-15-16-4-2-1-3-5-16/h1-7,10-11,14,20,29H,8-9,12-13,15H2,(H,37,38). The topological polar surface area (TPSA) is 98.1 Å². The fraction of sp³-hybridized carbons (Fsp3) is 0.233. The van der Waals surface area contributed by atoms with Crippen molar-refractivity contribution in [2.24, 2.45) is 0 Å². The summed E-state index contributed by atoms with van der Waals surface area (Å²) < 4.78 is 54.8. The SMILES string of the molecule is O=C(O)c1cn(C2CC2)c2c(OC(F)F)c(-c3ccc4c(c3)CN(C(=O)OCc3ccccc3)C4)c(F)cc2c1=O. The van der Waals surface area contributed by atoms with Crippen LogP contribution in [0.4, 0.5) is 18.0 Å². The molecule has 2 heterocycles. The van der Waals surface area contributed by atoms with E-state index in [0.717, 1.165) is 23.4 Å². The normalized spacial score (nSPS) is 14.4. The van der Waals surface area contributed by atoms with Crippen LogP contribution in [0, 0.1) is 5.82 Å². The summed E-state index contributed by atoms with van der Waals surface area (Å²) >= 11 is 0. The number of fused-ring (bicyclic) bond motifs is 2. The summed E-state index contributed by atoms with van der Waals surface area (Å²) in [6, 6.07) is 14.6. The minimum Gasteiger partial charge on any atom is -0.477 e. The molecule has 0 bridgehead atoms. The third-order valence-corrected chi connectivity index (χ3v) is 7.28. The molecule has 1 aromatic heterocycles. The Morgan fingerprint density at radius 1 is 1.02 bits per heavy atom. The first-order valence-electron chi connectivity index (χ1n) is 12.9. The predicted octanol–water partition coefficient (Wildman–Crippen LogP) is 6.09. The molecule has 2 aliphatic rings. The van der Waals surface area contributed by atoms with Crippen molar-refractivity contribution in [3.63, 3.8) is 0 Å². The van der Waals surface area contributed by atoms with Gasteiger partial charge in [-0.3, -0.25) is 9.69 Å². The number of ether oxygens (including phenoxy) is 2. The number of carbonyl (C=O) groups is 2. The highest BCUT2D eigenvalue weighted by Crippen LogP contribution is 2.45. The number of carboxylic acids is 1. The predicted molar refractivity (Wildman–Crippen MR) is 141 cm³/mol. The summed E-state index contributed by atoms with van der Waals surface area (Å²) in [4.78, 5) is 38.8. The van der Waals surface area contributed by atoms with Crippen LogP contribution < -0.4 is 10.2 Å². The van der Waals surface area contributed by atoms with Gasteiger partial charge in [-0.25, -0.2) is 14.0 Å². The highest BCUT2D eigenvalue weighted by atomic mass is 19.3. The van der Waals surface area contributed by atoms with E-state index in [9.17, 15) is 28.3 Å². The molecule has 0 spiro atoms. The molecule has 1 aliphatic carbocycles. The zero-order chi connectivity index (χ0) is 28.8. The maximum Gasteiger partial charge on any atom is 0.410 e. The molecule has 1 aliphatic heterocycles. The van der Waals surface area contributed by atoms with E-state index in [2.05, 4.69) is 0 Å². The Hall–Kier alpha value is -4.80. The van der Waals surface area contributed by atoms with Crippen LogP contribution in [0.15, 0.2) is 65.6 Å². The number of pyridine rings is 1. The average molecular weight is 565 g/mol. The van der Waals surface area contributed by atoms with E-state index in [4.69, 9.17) is 9.47 Å². The highest BCUT2D eigenvalue weighted by Gasteiger charge is 2.32. The third kappa shape index (κ3) is 4.99. The highest BCUT2D eigenvalue weighted by molar-refractivity contribution is 5.98. The van der Waals surface area contributed by atoms with Crippen molar-refractivity contribution in [1.29, 1.82) is 0 Å². The molecule has 1 fully saturated rings.